The van der Waals surface area contributed by atoms with Crippen molar-refractivity contribution in [1.82, 2.24) is 0 Å². The van der Waals surface area contributed by atoms with E-state index in [0.29, 0.717) is 6.42 Å². The Balaban J connectivity index is 1.70. The predicted octanol–water partition coefficient (Wildman–Crippen LogP) is 2.16. The Morgan fingerprint density at radius 3 is 2.86 bits per heavy atom. The van der Waals surface area contributed by atoms with Crippen LogP contribution in [0.4, 0.5) is 5.69 Å². The minimum Gasteiger partial charge on any atom is -0.481 e. The molecule has 0 unspecified atom stereocenters. The summed E-state index contributed by atoms with van der Waals surface area (Å²) in [7, 11) is 0. The molecule has 21 heavy (non-hydrogen) atoms. The molecule has 0 aliphatic carbocycles. The van der Waals surface area contributed by atoms with Gasteiger partial charge in [0, 0.05) is 25.3 Å². The number of amides is 1. The van der Waals surface area contributed by atoms with Crippen LogP contribution < -0.4 is 4.90 Å². The SMILES string of the molecule is O=C(O)[C@H]1CN(C(=O)CC[C@@H]2CCCO2)c2ccccc21. The summed E-state index contributed by atoms with van der Waals surface area (Å²) in [5.74, 6) is -1.51. The van der Waals surface area contributed by atoms with E-state index in [2.05, 4.69) is 0 Å². The standard InChI is InChI=1S/C16H19NO4/c18-15(8-7-11-4-3-9-21-11)17-10-13(16(19)20)12-5-1-2-6-14(12)17/h1-2,5-6,11,13H,3-4,7-10H2,(H,19,20)/t11-,13-/m0/s1. The molecule has 2 atom stereocenters. The highest BCUT2D eigenvalue weighted by Gasteiger charge is 2.36. The summed E-state index contributed by atoms with van der Waals surface area (Å²) in [6.45, 7) is 1.02. The average Bonchev–Trinajstić information content (AvgIpc) is 3.12. The number of nitrogens with zero attached hydrogens (tertiary/aromatic N) is 1. The topological polar surface area (TPSA) is 66.8 Å². The summed E-state index contributed by atoms with van der Waals surface area (Å²) >= 11 is 0. The maximum Gasteiger partial charge on any atom is 0.312 e. The number of fused-ring (bicyclic) bond motifs is 1. The zero-order valence-electron chi connectivity index (χ0n) is 11.8. The van der Waals surface area contributed by atoms with Gasteiger partial charge in [0.15, 0.2) is 0 Å². The predicted molar refractivity (Wildman–Crippen MR) is 77.4 cm³/mol. The second kappa shape index (κ2) is 5.85. The minimum atomic E-state index is -0.878. The molecular formula is C16H19NO4. The van der Waals surface area contributed by atoms with E-state index in [1.165, 1.54) is 0 Å². The number of anilines is 1. The van der Waals surface area contributed by atoms with Crippen molar-refractivity contribution in [3.63, 3.8) is 0 Å². The summed E-state index contributed by atoms with van der Waals surface area (Å²) < 4.78 is 5.53. The average molecular weight is 289 g/mol. The molecule has 1 saturated heterocycles. The first-order valence-electron chi connectivity index (χ1n) is 7.40. The largest absolute Gasteiger partial charge is 0.481 e. The summed E-state index contributed by atoms with van der Waals surface area (Å²) in [5.41, 5.74) is 1.47. The Kier molecular flexibility index (Phi) is 3.92. The summed E-state index contributed by atoms with van der Waals surface area (Å²) in [6.07, 6.45) is 3.39. The van der Waals surface area contributed by atoms with Crippen molar-refractivity contribution in [3.8, 4) is 0 Å². The van der Waals surface area contributed by atoms with E-state index in [1.54, 1.807) is 11.0 Å². The maximum absolute atomic E-state index is 12.4. The lowest BCUT2D eigenvalue weighted by Gasteiger charge is -2.18. The Morgan fingerprint density at radius 1 is 1.33 bits per heavy atom. The van der Waals surface area contributed by atoms with Crippen LogP contribution in [0, 0.1) is 0 Å². The molecule has 1 fully saturated rings. The molecule has 2 aliphatic heterocycles. The van der Waals surface area contributed by atoms with Crippen molar-refractivity contribution in [2.45, 2.75) is 37.7 Å². The lowest BCUT2D eigenvalue weighted by molar-refractivity contribution is -0.138. The summed E-state index contributed by atoms with van der Waals surface area (Å²) in [4.78, 5) is 25.4. The highest BCUT2D eigenvalue weighted by molar-refractivity contribution is 5.98. The zero-order valence-corrected chi connectivity index (χ0v) is 11.8. The van der Waals surface area contributed by atoms with Crippen molar-refractivity contribution in [3.05, 3.63) is 29.8 Å². The number of para-hydroxylation sites is 1. The zero-order chi connectivity index (χ0) is 14.8. The van der Waals surface area contributed by atoms with Crippen LogP contribution in [0.5, 0.6) is 0 Å². The van der Waals surface area contributed by atoms with Gasteiger partial charge >= 0.3 is 5.97 Å². The molecular weight excluding hydrogens is 270 g/mol. The van der Waals surface area contributed by atoms with Crippen molar-refractivity contribution in [2.24, 2.45) is 0 Å². The number of carboxylic acids is 1. The number of hydrogen-bond acceptors (Lipinski definition) is 3. The number of carboxylic acid groups (broad SMARTS) is 1. The van der Waals surface area contributed by atoms with Crippen molar-refractivity contribution < 1.29 is 19.4 Å². The molecule has 5 nitrogen and oxygen atoms in total. The number of benzene rings is 1. The van der Waals surface area contributed by atoms with Crippen molar-refractivity contribution in [1.29, 1.82) is 0 Å². The van der Waals surface area contributed by atoms with Gasteiger partial charge in [-0.15, -0.1) is 0 Å². The van der Waals surface area contributed by atoms with Gasteiger partial charge in [-0.25, -0.2) is 0 Å². The summed E-state index contributed by atoms with van der Waals surface area (Å²) in [6, 6.07) is 7.27. The molecule has 1 N–H and O–H groups in total. The number of ether oxygens (including phenoxy) is 1. The number of rotatable bonds is 4. The highest BCUT2D eigenvalue weighted by Crippen LogP contribution is 2.36. The van der Waals surface area contributed by atoms with Crippen molar-refractivity contribution >= 4 is 17.6 Å². The fourth-order valence-corrected chi connectivity index (χ4v) is 3.15. The fraction of sp³-hybridized carbons (Fsp3) is 0.500. The second-order valence-corrected chi connectivity index (χ2v) is 5.63. The van der Waals surface area contributed by atoms with Gasteiger partial charge in [0.2, 0.25) is 5.91 Å². The quantitative estimate of drug-likeness (QED) is 0.922. The van der Waals surface area contributed by atoms with E-state index in [-0.39, 0.29) is 18.6 Å². The second-order valence-electron chi connectivity index (χ2n) is 5.63. The van der Waals surface area contributed by atoms with Gasteiger partial charge in [-0.3, -0.25) is 9.59 Å². The number of hydrogen-bond donors (Lipinski definition) is 1. The molecule has 0 spiro atoms. The molecule has 0 radical (unpaired) electrons. The normalized spacial score (nSPS) is 24.1. The Hall–Kier alpha value is -1.88. The molecule has 3 rings (SSSR count). The molecule has 1 amide bonds. The summed E-state index contributed by atoms with van der Waals surface area (Å²) in [5, 5.41) is 9.30. The van der Waals surface area contributed by atoms with E-state index >= 15 is 0 Å². The first kappa shape index (κ1) is 14.1. The monoisotopic (exact) mass is 289 g/mol. The highest BCUT2D eigenvalue weighted by atomic mass is 16.5. The Morgan fingerprint density at radius 2 is 2.14 bits per heavy atom. The van der Waals surface area contributed by atoms with Crippen LogP contribution in [0.3, 0.4) is 0 Å². The van der Waals surface area contributed by atoms with E-state index in [9.17, 15) is 14.7 Å². The lowest BCUT2D eigenvalue weighted by Crippen LogP contribution is -2.31. The van der Waals surface area contributed by atoms with E-state index in [1.807, 2.05) is 18.2 Å². The van der Waals surface area contributed by atoms with Crippen LogP contribution in [0.1, 0.15) is 37.2 Å². The first-order chi connectivity index (χ1) is 10.2. The van der Waals surface area contributed by atoms with Gasteiger partial charge in [-0.05, 0) is 30.9 Å². The Labute approximate surface area is 123 Å². The van der Waals surface area contributed by atoms with Gasteiger partial charge in [0.1, 0.15) is 5.92 Å². The molecule has 1 aromatic carbocycles. The minimum absolute atomic E-state index is 0.0123. The smallest absolute Gasteiger partial charge is 0.312 e. The van der Waals surface area contributed by atoms with Crippen LogP contribution >= 0.6 is 0 Å². The molecule has 0 bridgehead atoms. The van der Waals surface area contributed by atoms with Crippen LogP contribution in [0.2, 0.25) is 0 Å². The molecule has 0 saturated carbocycles. The van der Waals surface area contributed by atoms with Crippen LogP contribution in [0.15, 0.2) is 24.3 Å². The van der Waals surface area contributed by atoms with Gasteiger partial charge in [0.05, 0.1) is 6.10 Å². The van der Waals surface area contributed by atoms with Gasteiger partial charge in [-0.2, -0.15) is 0 Å². The first-order valence-corrected chi connectivity index (χ1v) is 7.40. The molecule has 0 aromatic heterocycles. The molecule has 5 heteroatoms. The Bertz CT molecular complexity index is 551. The third kappa shape index (κ3) is 2.78. The third-order valence-corrected chi connectivity index (χ3v) is 4.27. The lowest BCUT2D eigenvalue weighted by atomic mass is 10.0. The van der Waals surface area contributed by atoms with Gasteiger partial charge in [0.25, 0.3) is 0 Å². The number of aliphatic carboxylic acids is 1. The van der Waals surface area contributed by atoms with E-state index < -0.39 is 11.9 Å². The number of carbonyl (C=O) groups is 2. The van der Waals surface area contributed by atoms with Crippen molar-refractivity contribution in [2.75, 3.05) is 18.1 Å². The van der Waals surface area contributed by atoms with E-state index in [4.69, 9.17) is 4.74 Å². The van der Waals surface area contributed by atoms with E-state index in [0.717, 1.165) is 37.1 Å². The van der Waals surface area contributed by atoms with Gasteiger partial charge < -0.3 is 14.7 Å². The van der Waals surface area contributed by atoms with Crippen LogP contribution in [-0.4, -0.2) is 36.2 Å². The third-order valence-electron chi connectivity index (χ3n) is 4.27. The van der Waals surface area contributed by atoms with Crippen LogP contribution in [-0.2, 0) is 14.3 Å². The molecule has 1 aromatic rings. The maximum atomic E-state index is 12.4. The van der Waals surface area contributed by atoms with Gasteiger partial charge in [-0.1, -0.05) is 18.2 Å². The molecule has 2 aliphatic rings. The number of carbonyl (C=O) groups excluding carboxylic acids is 1. The molecule has 112 valence electrons. The fourth-order valence-electron chi connectivity index (χ4n) is 3.15. The molecule has 2 heterocycles. The van der Waals surface area contributed by atoms with Crippen LogP contribution in [0.25, 0.3) is 0 Å².